The van der Waals surface area contributed by atoms with Crippen molar-refractivity contribution < 1.29 is 13.5 Å². The first-order valence-electron chi connectivity index (χ1n) is 8.45. The molecule has 0 radical (unpaired) electrons. The summed E-state index contributed by atoms with van der Waals surface area (Å²) in [6, 6.07) is 4.83. The molecule has 0 aromatic heterocycles. The van der Waals surface area contributed by atoms with Gasteiger partial charge in [-0.15, -0.1) is 0 Å². The fourth-order valence-electron chi connectivity index (χ4n) is 2.99. The number of hydrogen-bond donors (Lipinski definition) is 0. The van der Waals surface area contributed by atoms with E-state index in [4.69, 9.17) is 4.74 Å². The van der Waals surface area contributed by atoms with Crippen LogP contribution in [0, 0.1) is 11.7 Å². The number of likely N-dealkylation sites (tertiary alicyclic amines) is 1. The van der Waals surface area contributed by atoms with E-state index in [1.165, 1.54) is 6.07 Å². The minimum atomic E-state index is -1.07. The molecule has 0 N–H and O–H groups in total. The number of benzene rings is 1. The van der Waals surface area contributed by atoms with Gasteiger partial charge in [-0.25, -0.2) is 8.78 Å². The number of halogens is 3. The lowest BCUT2D eigenvalue weighted by Gasteiger charge is -2.36. The molecule has 2 nitrogen and oxygen atoms in total. The summed E-state index contributed by atoms with van der Waals surface area (Å²) in [5, 5.41) is 0. The maximum absolute atomic E-state index is 14.5. The summed E-state index contributed by atoms with van der Waals surface area (Å²) in [6.07, 6.45) is 3.08. The lowest BCUT2D eigenvalue weighted by molar-refractivity contribution is 0.0565. The Bertz CT molecular complexity index is 500. The Morgan fingerprint density at radius 3 is 2.48 bits per heavy atom. The highest BCUT2D eigenvalue weighted by molar-refractivity contribution is 9.10. The molecule has 130 valence electrons. The zero-order valence-corrected chi connectivity index (χ0v) is 15.5. The van der Waals surface area contributed by atoms with Crippen LogP contribution >= 0.6 is 15.9 Å². The summed E-state index contributed by atoms with van der Waals surface area (Å²) in [5.41, 5.74) is -1.07. The summed E-state index contributed by atoms with van der Waals surface area (Å²) in [7, 11) is 0. The van der Waals surface area contributed by atoms with E-state index in [0.29, 0.717) is 42.1 Å². The largest absolute Gasteiger partial charge is 0.490 e. The summed E-state index contributed by atoms with van der Waals surface area (Å²) < 4.78 is 34.5. The van der Waals surface area contributed by atoms with E-state index in [1.807, 2.05) is 13.8 Å². The molecule has 1 aliphatic rings. The van der Waals surface area contributed by atoms with Gasteiger partial charge in [0.15, 0.2) is 11.6 Å². The smallest absolute Gasteiger partial charge is 0.166 e. The molecule has 0 saturated carbocycles. The lowest BCUT2D eigenvalue weighted by atomic mass is 9.94. The van der Waals surface area contributed by atoms with Gasteiger partial charge in [0, 0.05) is 11.0 Å². The molecule has 0 bridgehead atoms. The van der Waals surface area contributed by atoms with Crippen LogP contribution < -0.4 is 4.74 Å². The molecular weight excluding hydrogens is 364 g/mol. The highest BCUT2D eigenvalue weighted by atomic mass is 79.9. The Morgan fingerprint density at radius 2 is 1.91 bits per heavy atom. The summed E-state index contributed by atoms with van der Waals surface area (Å²) in [6.45, 7) is 6.66. The van der Waals surface area contributed by atoms with Crippen molar-refractivity contribution in [3.05, 3.63) is 28.5 Å². The van der Waals surface area contributed by atoms with E-state index in [-0.39, 0.29) is 5.82 Å². The molecule has 23 heavy (non-hydrogen) atoms. The molecule has 1 aromatic carbocycles. The normalized spacial score (nSPS) is 17.4. The Kier molecular flexibility index (Phi) is 6.84. The molecular formula is C18H26BrF2NO. The van der Waals surface area contributed by atoms with E-state index in [0.717, 1.165) is 25.9 Å². The molecule has 1 heterocycles. The van der Waals surface area contributed by atoms with Crippen molar-refractivity contribution in [2.24, 2.45) is 5.92 Å². The van der Waals surface area contributed by atoms with Gasteiger partial charge in [0.25, 0.3) is 0 Å². The highest BCUT2D eigenvalue weighted by Crippen LogP contribution is 2.27. The van der Waals surface area contributed by atoms with Crippen LogP contribution in [0.1, 0.15) is 39.5 Å². The summed E-state index contributed by atoms with van der Waals surface area (Å²) in [5.74, 6) is 0.367. The van der Waals surface area contributed by atoms with Gasteiger partial charge in [0.2, 0.25) is 0 Å². The molecule has 1 aromatic rings. The monoisotopic (exact) mass is 389 g/mol. The van der Waals surface area contributed by atoms with Crippen LogP contribution in [-0.2, 0) is 0 Å². The predicted octanol–water partition coefficient (Wildman–Crippen LogP) is 5.21. The maximum Gasteiger partial charge on any atom is 0.166 e. The number of alkyl halides is 1. The number of piperidine rings is 1. The third kappa shape index (κ3) is 5.42. The fourth-order valence-corrected chi connectivity index (χ4v) is 3.32. The van der Waals surface area contributed by atoms with Gasteiger partial charge >= 0.3 is 0 Å². The van der Waals surface area contributed by atoms with Crippen molar-refractivity contribution in [3.63, 3.8) is 0 Å². The first-order valence-corrected chi connectivity index (χ1v) is 9.24. The van der Waals surface area contributed by atoms with E-state index in [1.54, 1.807) is 12.1 Å². The van der Waals surface area contributed by atoms with Crippen molar-refractivity contribution >= 4 is 15.9 Å². The lowest BCUT2D eigenvalue weighted by Crippen LogP contribution is -2.44. The predicted molar refractivity (Wildman–Crippen MR) is 93.2 cm³/mol. The fraction of sp³-hybridized carbons (Fsp3) is 0.667. The van der Waals surface area contributed by atoms with E-state index >= 15 is 0 Å². The minimum Gasteiger partial charge on any atom is -0.490 e. The van der Waals surface area contributed by atoms with Crippen LogP contribution in [0.3, 0.4) is 0 Å². The van der Waals surface area contributed by atoms with Crippen molar-refractivity contribution in [2.45, 2.75) is 45.2 Å². The SMILES string of the molecule is CCC(F)(CC)CN1CCC(COc2ccc(Br)cc2F)CC1. The Balaban J connectivity index is 1.76. The van der Waals surface area contributed by atoms with Gasteiger partial charge in [-0.2, -0.15) is 0 Å². The summed E-state index contributed by atoms with van der Waals surface area (Å²) >= 11 is 3.23. The molecule has 1 aliphatic heterocycles. The quantitative estimate of drug-likeness (QED) is 0.634. The van der Waals surface area contributed by atoms with Crippen molar-refractivity contribution in [3.8, 4) is 5.75 Å². The van der Waals surface area contributed by atoms with Crippen molar-refractivity contribution in [2.75, 3.05) is 26.2 Å². The molecule has 0 spiro atoms. The number of rotatable bonds is 7. The van der Waals surface area contributed by atoms with E-state index < -0.39 is 5.67 Å². The van der Waals surface area contributed by atoms with Gasteiger partial charge in [-0.05, 0) is 62.9 Å². The molecule has 0 unspecified atom stereocenters. The van der Waals surface area contributed by atoms with Crippen molar-refractivity contribution in [1.29, 1.82) is 0 Å². The standard InChI is InChI=1S/C18H26BrF2NO/c1-3-18(21,4-2)13-22-9-7-14(8-10-22)12-23-17-6-5-15(19)11-16(17)20/h5-6,11,14H,3-4,7-10,12-13H2,1-2H3. The molecule has 0 amide bonds. The van der Waals surface area contributed by atoms with Crippen LogP contribution in [0.4, 0.5) is 8.78 Å². The first kappa shape index (κ1) is 18.7. The zero-order chi connectivity index (χ0) is 16.9. The number of ether oxygens (including phenoxy) is 1. The van der Waals surface area contributed by atoms with Gasteiger partial charge < -0.3 is 9.64 Å². The highest BCUT2D eigenvalue weighted by Gasteiger charge is 2.30. The third-order valence-electron chi connectivity index (χ3n) is 4.85. The molecule has 1 fully saturated rings. The van der Waals surface area contributed by atoms with Gasteiger partial charge in [0.05, 0.1) is 6.61 Å². The minimum absolute atomic E-state index is 0.301. The van der Waals surface area contributed by atoms with Crippen LogP contribution in [0.5, 0.6) is 5.75 Å². The average molecular weight is 390 g/mol. The molecule has 1 saturated heterocycles. The van der Waals surface area contributed by atoms with Crippen LogP contribution in [-0.4, -0.2) is 36.8 Å². The summed E-state index contributed by atoms with van der Waals surface area (Å²) in [4.78, 5) is 2.21. The van der Waals surface area contributed by atoms with E-state index in [2.05, 4.69) is 20.8 Å². The second-order valence-corrected chi connectivity index (χ2v) is 7.38. The second-order valence-electron chi connectivity index (χ2n) is 6.46. The molecule has 5 heteroatoms. The van der Waals surface area contributed by atoms with Crippen molar-refractivity contribution in [1.82, 2.24) is 4.90 Å². The van der Waals surface area contributed by atoms with Gasteiger partial charge in [-0.3, -0.25) is 0 Å². The van der Waals surface area contributed by atoms with Crippen LogP contribution in [0.25, 0.3) is 0 Å². The molecule has 2 rings (SSSR count). The Morgan fingerprint density at radius 1 is 1.26 bits per heavy atom. The number of nitrogens with zero attached hydrogens (tertiary/aromatic N) is 1. The van der Waals surface area contributed by atoms with Crippen LogP contribution in [0.2, 0.25) is 0 Å². The van der Waals surface area contributed by atoms with E-state index in [9.17, 15) is 8.78 Å². The Labute approximate surface area is 146 Å². The van der Waals surface area contributed by atoms with Crippen LogP contribution in [0.15, 0.2) is 22.7 Å². The topological polar surface area (TPSA) is 12.5 Å². The molecule has 0 aliphatic carbocycles. The number of hydrogen-bond acceptors (Lipinski definition) is 2. The second kappa shape index (κ2) is 8.43. The average Bonchev–Trinajstić information content (AvgIpc) is 2.55. The third-order valence-corrected chi connectivity index (χ3v) is 5.34. The first-order chi connectivity index (χ1) is 11.0. The Hall–Kier alpha value is -0.680. The molecule has 0 atom stereocenters. The van der Waals surface area contributed by atoms with Gasteiger partial charge in [-0.1, -0.05) is 29.8 Å². The maximum atomic E-state index is 14.5. The van der Waals surface area contributed by atoms with Gasteiger partial charge in [0.1, 0.15) is 5.67 Å². The zero-order valence-electron chi connectivity index (χ0n) is 14.0.